The van der Waals surface area contributed by atoms with Gasteiger partial charge in [0.25, 0.3) is 0 Å². The summed E-state index contributed by atoms with van der Waals surface area (Å²) in [5.41, 5.74) is 4.42. The van der Waals surface area contributed by atoms with Gasteiger partial charge in [0.15, 0.2) is 5.65 Å². The van der Waals surface area contributed by atoms with Crippen molar-refractivity contribution in [1.29, 1.82) is 0 Å². The number of nitrogens with zero attached hydrogens (tertiary/aromatic N) is 5. The largest absolute Gasteiger partial charge is 0.354 e. The highest BCUT2D eigenvalue weighted by Gasteiger charge is 2.11. The molecule has 0 aliphatic rings. The maximum absolute atomic E-state index is 4.61. The number of hydrogen-bond acceptors (Lipinski definition) is 5. The number of rotatable bonds is 3. The van der Waals surface area contributed by atoms with Crippen molar-refractivity contribution < 1.29 is 0 Å². The van der Waals surface area contributed by atoms with Gasteiger partial charge in [0, 0.05) is 29.9 Å². The lowest BCUT2D eigenvalue weighted by Gasteiger charge is -2.02. The van der Waals surface area contributed by atoms with E-state index in [4.69, 9.17) is 0 Å². The number of aromatic amines is 1. The van der Waals surface area contributed by atoms with Crippen molar-refractivity contribution in [3.63, 3.8) is 0 Å². The fourth-order valence-corrected chi connectivity index (χ4v) is 2.51. The molecule has 0 amide bonds. The maximum atomic E-state index is 4.61. The fraction of sp³-hybridized carbons (Fsp3) is 0.200. The van der Waals surface area contributed by atoms with Gasteiger partial charge in [-0.2, -0.15) is 10.1 Å². The second kappa shape index (κ2) is 4.80. The lowest BCUT2D eigenvalue weighted by molar-refractivity contribution is 0.941. The normalized spacial score (nSPS) is 11.4. The highest BCUT2D eigenvalue weighted by Crippen LogP contribution is 2.26. The number of imidazole rings is 1. The number of hydrogen-bond donors (Lipinski definition) is 2. The molecule has 0 atom stereocenters. The van der Waals surface area contributed by atoms with Crippen LogP contribution < -0.4 is 5.32 Å². The molecular formula is C15H15N7. The van der Waals surface area contributed by atoms with Crippen LogP contribution >= 0.6 is 0 Å². The highest BCUT2D eigenvalue weighted by molar-refractivity contribution is 5.92. The molecule has 0 aromatic carbocycles. The Balaban J connectivity index is 1.84. The number of aromatic nitrogens is 6. The molecule has 0 bridgehead atoms. The number of aryl methyl sites for hydroxylation is 1. The van der Waals surface area contributed by atoms with Gasteiger partial charge in [-0.25, -0.2) is 14.5 Å². The summed E-state index contributed by atoms with van der Waals surface area (Å²) in [5.74, 6) is 0.622. The van der Waals surface area contributed by atoms with Crippen LogP contribution in [0.4, 0.5) is 5.95 Å². The molecule has 0 spiro atoms. The van der Waals surface area contributed by atoms with E-state index < -0.39 is 0 Å². The summed E-state index contributed by atoms with van der Waals surface area (Å²) in [6.45, 7) is 4.76. The van der Waals surface area contributed by atoms with Crippen molar-refractivity contribution in [2.45, 2.75) is 13.8 Å². The fourth-order valence-electron chi connectivity index (χ4n) is 2.51. The molecule has 110 valence electrons. The SMILES string of the molecule is CCNc1ncc2c(-c3ccc4nc(C)cn4n3)c[nH]c2n1. The van der Waals surface area contributed by atoms with Crippen LogP contribution in [0.5, 0.6) is 0 Å². The van der Waals surface area contributed by atoms with E-state index in [9.17, 15) is 0 Å². The van der Waals surface area contributed by atoms with Crippen LogP contribution in [0.15, 0.2) is 30.7 Å². The van der Waals surface area contributed by atoms with Crippen molar-refractivity contribution >= 4 is 22.6 Å². The topological polar surface area (TPSA) is 83.8 Å². The van der Waals surface area contributed by atoms with E-state index in [-0.39, 0.29) is 0 Å². The van der Waals surface area contributed by atoms with Crippen LogP contribution in [0.3, 0.4) is 0 Å². The zero-order valence-electron chi connectivity index (χ0n) is 12.3. The monoisotopic (exact) mass is 293 g/mol. The van der Waals surface area contributed by atoms with Gasteiger partial charge in [0.2, 0.25) is 5.95 Å². The highest BCUT2D eigenvalue weighted by atomic mass is 15.2. The lowest BCUT2D eigenvalue weighted by atomic mass is 10.2. The van der Waals surface area contributed by atoms with Crippen molar-refractivity contribution in [2.24, 2.45) is 0 Å². The summed E-state index contributed by atoms with van der Waals surface area (Å²) in [4.78, 5) is 16.4. The molecule has 0 aliphatic carbocycles. The summed E-state index contributed by atoms with van der Waals surface area (Å²) in [6.07, 6.45) is 5.64. The van der Waals surface area contributed by atoms with Gasteiger partial charge < -0.3 is 10.3 Å². The van der Waals surface area contributed by atoms with E-state index in [0.29, 0.717) is 5.95 Å². The van der Waals surface area contributed by atoms with E-state index in [1.54, 1.807) is 4.52 Å². The third-order valence-electron chi connectivity index (χ3n) is 3.48. The molecular weight excluding hydrogens is 278 g/mol. The second-order valence-electron chi connectivity index (χ2n) is 5.09. The summed E-state index contributed by atoms with van der Waals surface area (Å²) in [7, 11) is 0. The molecule has 0 saturated heterocycles. The summed E-state index contributed by atoms with van der Waals surface area (Å²) >= 11 is 0. The van der Waals surface area contributed by atoms with E-state index in [1.165, 1.54) is 0 Å². The Kier molecular flexibility index (Phi) is 2.78. The van der Waals surface area contributed by atoms with Crippen molar-refractivity contribution in [3.8, 4) is 11.3 Å². The Morgan fingerprint density at radius 1 is 1.27 bits per heavy atom. The van der Waals surface area contributed by atoms with Crippen LogP contribution in [0.2, 0.25) is 0 Å². The smallest absolute Gasteiger partial charge is 0.224 e. The molecule has 2 N–H and O–H groups in total. The van der Waals surface area contributed by atoms with E-state index in [0.717, 1.165) is 40.2 Å². The third kappa shape index (κ3) is 1.98. The number of nitrogens with one attached hydrogen (secondary N) is 2. The van der Waals surface area contributed by atoms with Gasteiger partial charge >= 0.3 is 0 Å². The van der Waals surface area contributed by atoms with Gasteiger partial charge in [0.1, 0.15) is 5.65 Å². The van der Waals surface area contributed by atoms with E-state index in [2.05, 4.69) is 30.4 Å². The molecule has 7 heteroatoms. The predicted octanol–water partition coefficient (Wildman–Crippen LogP) is 2.41. The summed E-state index contributed by atoms with van der Waals surface area (Å²) in [6, 6.07) is 3.92. The molecule has 4 heterocycles. The maximum Gasteiger partial charge on any atom is 0.224 e. The van der Waals surface area contributed by atoms with Crippen LogP contribution in [0.25, 0.3) is 27.9 Å². The van der Waals surface area contributed by atoms with Crippen LogP contribution in [-0.4, -0.2) is 36.1 Å². The molecule has 4 aromatic heterocycles. The van der Waals surface area contributed by atoms with Crippen molar-refractivity contribution in [2.75, 3.05) is 11.9 Å². The second-order valence-corrected chi connectivity index (χ2v) is 5.09. The predicted molar refractivity (Wildman–Crippen MR) is 84.8 cm³/mol. The average Bonchev–Trinajstić information content (AvgIpc) is 3.08. The minimum Gasteiger partial charge on any atom is -0.354 e. The average molecular weight is 293 g/mol. The minimum absolute atomic E-state index is 0.622. The Bertz CT molecular complexity index is 967. The molecule has 0 unspecified atom stereocenters. The van der Waals surface area contributed by atoms with Gasteiger partial charge in [-0.05, 0) is 26.0 Å². The number of H-pyrrole nitrogens is 1. The number of anilines is 1. The molecule has 0 saturated carbocycles. The lowest BCUT2D eigenvalue weighted by Crippen LogP contribution is -2.01. The minimum atomic E-state index is 0.622. The van der Waals surface area contributed by atoms with Crippen LogP contribution in [0, 0.1) is 6.92 Å². The third-order valence-corrected chi connectivity index (χ3v) is 3.48. The first kappa shape index (κ1) is 12.8. The standard InChI is InChI=1S/C15H15N7/c1-3-16-15-18-7-11-10(6-17-14(11)20-15)12-4-5-13-19-9(2)8-22(13)21-12/h4-8H,3H2,1-2H3,(H2,16,17,18,20). The van der Waals surface area contributed by atoms with Gasteiger partial charge in [-0.15, -0.1) is 0 Å². The van der Waals surface area contributed by atoms with Crippen molar-refractivity contribution in [3.05, 3.63) is 36.4 Å². The Morgan fingerprint density at radius 3 is 3.05 bits per heavy atom. The summed E-state index contributed by atoms with van der Waals surface area (Å²) < 4.78 is 1.79. The summed E-state index contributed by atoms with van der Waals surface area (Å²) in [5, 5.41) is 8.67. The molecule has 4 aromatic rings. The van der Waals surface area contributed by atoms with Gasteiger partial charge in [0.05, 0.1) is 17.6 Å². The van der Waals surface area contributed by atoms with Gasteiger partial charge in [-0.3, -0.25) is 0 Å². The molecule has 0 fully saturated rings. The molecule has 0 aliphatic heterocycles. The van der Waals surface area contributed by atoms with Crippen LogP contribution in [0.1, 0.15) is 12.6 Å². The molecule has 22 heavy (non-hydrogen) atoms. The van der Waals surface area contributed by atoms with Gasteiger partial charge in [-0.1, -0.05) is 0 Å². The van der Waals surface area contributed by atoms with Crippen LogP contribution in [-0.2, 0) is 0 Å². The van der Waals surface area contributed by atoms with E-state index >= 15 is 0 Å². The Hall–Kier alpha value is -2.96. The molecule has 4 rings (SSSR count). The Labute approximate surface area is 126 Å². The first-order chi connectivity index (χ1) is 10.7. The zero-order valence-corrected chi connectivity index (χ0v) is 12.3. The van der Waals surface area contributed by atoms with Crippen molar-refractivity contribution in [1.82, 2.24) is 29.5 Å². The first-order valence-electron chi connectivity index (χ1n) is 7.16. The number of fused-ring (bicyclic) bond motifs is 2. The zero-order chi connectivity index (χ0) is 15.1. The van der Waals surface area contributed by atoms with E-state index in [1.807, 2.05) is 44.6 Å². The molecule has 7 nitrogen and oxygen atoms in total. The Morgan fingerprint density at radius 2 is 2.18 bits per heavy atom. The first-order valence-corrected chi connectivity index (χ1v) is 7.16. The quantitative estimate of drug-likeness (QED) is 0.606. The molecule has 0 radical (unpaired) electrons.